The number of anilines is 1. The molecule has 0 aromatic heterocycles. The van der Waals surface area contributed by atoms with Crippen molar-refractivity contribution in [1.29, 1.82) is 0 Å². The number of carbonyl (C=O) groups excluding carboxylic acids is 3. The Morgan fingerprint density at radius 2 is 1.76 bits per heavy atom. The largest absolute Gasteiger partial charge is 0.378 e. The monoisotopic (exact) mass is 343 g/mol. The van der Waals surface area contributed by atoms with Gasteiger partial charge < -0.3 is 15.0 Å². The van der Waals surface area contributed by atoms with Crippen LogP contribution in [0.4, 0.5) is 5.69 Å². The van der Waals surface area contributed by atoms with Gasteiger partial charge in [0.2, 0.25) is 5.91 Å². The zero-order valence-electron chi connectivity index (χ0n) is 14.4. The summed E-state index contributed by atoms with van der Waals surface area (Å²) in [5, 5.41) is 2.69. The summed E-state index contributed by atoms with van der Waals surface area (Å²) in [7, 11) is 0. The average molecular weight is 343 g/mol. The van der Waals surface area contributed by atoms with Crippen molar-refractivity contribution in [2.45, 2.75) is 13.8 Å². The molecular formula is C18H21N3O4. The van der Waals surface area contributed by atoms with Crippen LogP contribution in [-0.4, -0.2) is 60.4 Å². The molecule has 132 valence electrons. The summed E-state index contributed by atoms with van der Waals surface area (Å²) in [6.07, 6.45) is 0. The number of morpholine rings is 1. The Labute approximate surface area is 146 Å². The fourth-order valence-corrected chi connectivity index (χ4v) is 3.11. The number of ether oxygens (including phenoxy) is 1. The van der Waals surface area contributed by atoms with E-state index in [1.54, 1.807) is 31.2 Å². The molecule has 1 aromatic carbocycles. The number of benzene rings is 1. The van der Waals surface area contributed by atoms with Crippen LogP contribution in [0.5, 0.6) is 0 Å². The Bertz CT molecular complexity index is 733. The molecule has 1 saturated heterocycles. The Morgan fingerprint density at radius 3 is 2.32 bits per heavy atom. The molecule has 1 aromatic rings. The highest BCUT2D eigenvalue weighted by molar-refractivity contribution is 6.35. The standard InChI is InChI=1S/C18H21N3O4/c1-3-21-17(23)15(13-4-6-14(7-5-13)19-12(2)22)16(18(21)24)20-8-10-25-11-9-20/h4-7H,3,8-11H2,1-2H3,(H,19,22). The van der Waals surface area contributed by atoms with Gasteiger partial charge in [0, 0.05) is 32.2 Å². The highest BCUT2D eigenvalue weighted by Gasteiger charge is 2.40. The molecule has 7 heteroatoms. The Morgan fingerprint density at radius 1 is 1.12 bits per heavy atom. The second-order valence-corrected chi connectivity index (χ2v) is 5.94. The number of carbonyl (C=O) groups is 3. The van der Waals surface area contributed by atoms with Gasteiger partial charge in [-0.25, -0.2) is 0 Å². The molecule has 1 N–H and O–H groups in total. The van der Waals surface area contributed by atoms with E-state index in [1.807, 2.05) is 4.90 Å². The number of hydrogen-bond donors (Lipinski definition) is 1. The third kappa shape index (κ3) is 3.28. The second-order valence-electron chi connectivity index (χ2n) is 5.94. The quantitative estimate of drug-likeness (QED) is 0.828. The second kappa shape index (κ2) is 7.06. The van der Waals surface area contributed by atoms with Crippen LogP contribution in [0, 0.1) is 0 Å². The summed E-state index contributed by atoms with van der Waals surface area (Å²) >= 11 is 0. The van der Waals surface area contributed by atoms with Gasteiger partial charge in [0.05, 0.1) is 18.8 Å². The summed E-state index contributed by atoms with van der Waals surface area (Å²) < 4.78 is 5.35. The summed E-state index contributed by atoms with van der Waals surface area (Å²) in [5.41, 5.74) is 2.18. The lowest BCUT2D eigenvalue weighted by Gasteiger charge is -2.29. The van der Waals surface area contributed by atoms with E-state index in [0.717, 1.165) is 0 Å². The van der Waals surface area contributed by atoms with Crippen LogP contribution in [0.25, 0.3) is 5.57 Å². The van der Waals surface area contributed by atoms with Gasteiger partial charge in [0.25, 0.3) is 11.8 Å². The molecule has 0 radical (unpaired) electrons. The van der Waals surface area contributed by atoms with Crippen molar-refractivity contribution in [1.82, 2.24) is 9.80 Å². The van der Waals surface area contributed by atoms with Gasteiger partial charge >= 0.3 is 0 Å². The molecule has 3 amide bonds. The first-order valence-electron chi connectivity index (χ1n) is 8.34. The van der Waals surface area contributed by atoms with Gasteiger partial charge in [-0.15, -0.1) is 0 Å². The van der Waals surface area contributed by atoms with E-state index in [0.29, 0.717) is 55.4 Å². The molecule has 0 bridgehead atoms. The number of rotatable bonds is 4. The van der Waals surface area contributed by atoms with E-state index in [-0.39, 0.29) is 17.7 Å². The van der Waals surface area contributed by atoms with Crippen LogP contribution in [0.2, 0.25) is 0 Å². The van der Waals surface area contributed by atoms with Gasteiger partial charge in [0.15, 0.2) is 0 Å². The molecule has 0 aliphatic carbocycles. The van der Waals surface area contributed by atoms with Crippen LogP contribution in [0.15, 0.2) is 30.0 Å². The summed E-state index contributed by atoms with van der Waals surface area (Å²) in [6.45, 7) is 5.79. The lowest BCUT2D eigenvalue weighted by atomic mass is 10.0. The first-order chi connectivity index (χ1) is 12.0. The molecule has 2 aliphatic rings. The predicted molar refractivity (Wildman–Crippen MR) is 92.5 cm³/mol. The van der Waals surface area contributed by atoms with E-state index in [1.165, 1.54) is 11.8 Å². The third-order valence-corrected chi connectivity index (χ3v) is 4.28. The molecule has 25 heavy (non-hydrogen) atoms. The smallest absolute Gasteiger partial charge is 0.277 e. The van der Waals surface area contributed by atoms with Gasteiger partial charge in [-0.1, -0.05) is 12.1 Å². The van der Waals surface area contributed by atoms with Crippen molar-refractivity contribution in [3.63, 3.8) is 0 Å². The molecule has 0 saturated carbocycles. The summed E-state index contributed by atoms with van der Waals surface area (Å²) in [6, 6.07) is 6.97. The minimum Gasteiger partial charge on any atom is -0.378 e. The molecule has 0 unspecified atom stereocenters. The number of likely N-dealkylation sites (N-methyl/N-ethyl adjacent to an activating group) is 1. The molecule has 3 rings (SSSR count). The van der Waals surface area contributed by atoms with Crippen LogP contribution in [0.3, 0.4) is 0 Å². The van der Waals surface area contributed by atoms with Crippen molar-refractivity contribution in [3.8, 4) is 0 Å². The minimum absolute atomic E-state index is 0.162. The molecule has 2 aliphatic heterocycles. The maximum Gasteiger partial charge on any atom is 0.277 e. The minimum atomic E-state index is -0.277. The van der Waals surface area contributed by atoms with E-state index >= 15 is 0 Å². The molecule has 1 fully saturated rings. The van der Waals surface area contributed by atoms with Crippen LogP contribution < -0.4 is 5.32 Å². The lowest BCUT2D eigenvalue weighted by molar-refractivity contribution is -0.137. The number of hydrogen-bond acceptors (Lipinski definition) is 5. The first kappa shape index (κ1) is 17.2. The molecule has 7 nitrogen and oxygen atoms in total. The zero-order valence-corrected chi connectivity index (χ0v) is 14.4. The Balaban J connectivity index is 2.01. The van der Waals surface area contributed by atoms with Crippen molar-refractivity contribution in [2.24, 2.45) is 0 Å². The first-order valence-corrected chi connectivity index (χ1v) is 8.34. The molecule has 0 spiro atoms. The maximum atomic E-state index is 12.8. The summed E-state index contributed by atoms with van der Waals surface area (Å²) in [4.78, 5) is 39.9. The fourth-order valence-electron chi connectivity index (χ4n) is 3.11. The number of amides is 3. The van der Waals surface area contributed by atoms with Gasteiger partial charge in [0.1, 0.15) is 5.70 Å². The summed E-state index contributed by atoms with van der Waals surface area (Å²) in [5.74, 6) is -0.693. The van der Waals surface area contributed by atoms with E-state index < -0.39 is 0 Å². The van der Waals surface area contributed by atoms with Crippen molar-refractivity contribution in [2.75, 3.05) is 38.2 Å². The molecule has 2 heterocycles. The molecule has 0 atom stereocenters. The van der Waals surface area contributed by atoms with Gasteiger partial charge in [-0.2, -0.15) is 0 Å². The van der Waals surface area contributed by atoms with Crippen LogP contribution >= 0.6 is 0 Å². The topological polar surface area (TPSA) is 79.0 Å². The maximum absolute atomic E-state index is 12.8. The average Bonchev–Trinajstić information content (AvgIpc) is 2.86. The van der Waals surface area contributed by atoms with E-state index in [2.05, 4.69) is 5.32 Å². The van der Waals surface area contributed by atoms with E-state index in [9.17, 15) is 14.4 Å². The van der Waals surface area contributed by atoms with Crippen LogP contribution in [-0.2, 0) is 19.1 Å². The normalized spacial score (nSPS) is 18.2. The van der Waals surface area contributed by atoms with Gasteiger partial charge in [-0.05, 0) is 24.6 Å². The highest BCUT2D eigenvalue weighted by atomic mass is 16.5. The zero-order chi connectivity index (χ0) is 18.0. The predicted octanol–water partition coefficient (Wildman–Crippen LogP) is 1.08. The number of nitrogens with one attached hydrogen (secondary N) is 1. The Hall–Kier alpha value is -2.67. The highest BCUT2D eigenvalue weighted by Crippen LogP contribution is 2.32. The van der Waals surface area contributed by atoms with Crippen molar-refractivity contribution >= 4 is 29.0 Å². The Kier molecular flexibility index (Phi) is 4.85. The SMILES string of the molecule is CCN1C(=O)C(c2ccc(NC(C)=O)cc2)=C(N2CCOCC2)C1=O. The van der Waals surface area contributed by atoms with Crippen molar-refractivity contribution in [3.05, 3.63) is 35.5 Å². The molecular weight excluding hydrogens is 322 g/mol. The van der Waals surface area contributed by atoms with Gasteiger partial charge in [-0.3, -0.25) is 19.3 Å². The third-order valence-electron chi connectivity index (χ3n) is 4.28. The lowest BCUT2D eigenvalue weighted by Crippen LogP contribution is -2.40. The van der Waals surface area contributed by atoms with Crippen LogP contribution in [0.1, 0.15) is 19.4 Å². The fraction of sp³-hybridized carbons (Fsp3) is 0.389. The van der Waals surface area contributed by atoms with Crippen molar-refractivity contribution < 1.29 is 19.1 Å². The number of nitrogens with zero attached hydrogens (tertiary/aromatic N) is 2. The number of imide groups is 1. The van der Waals surface area contributed by atoms with E-state index in [4.69, 9.17) is 4.74 Å².